The van der Waals surface area contributed by atoms with Crippen LogP contribution in [0.1, 0.15) is 0 Å². The molecule has 24 heavy (non-hydrogen) atoms. The van der Waals surface area contributed by atoms with Gasteiger partial charge in [0.1, 0.15) is 6.54 Å². The lowest BCUT2D eigenvalue weighted by atomic mass is 10.2. The van der Waals surface area contributed by atoms with Gasteiger partial charge in [0.15, 0.2) is 18.1 Å². The fourth-order valence-corrected chi connectivity index (χ4v) is 1.85. The normalized spacial score (nSPS) is 11.0. The topological polar surface area (TPSA) is 70.6 Å². The number of amides is 1. The Morgan fingerprint density at radius 1 is 1.04 bits per heavy atom. The average Bonchev–Trinajstić information content (AvgIpc) is 2.52. The quantitative estimate of drug-likeness (QED) is 0.754. The molecule has 0 aromatic heterocycles. The van der Waals surface area contributed by atoms with E-state index in [1.54, 1.807) is 24.3 Å². The maximum atomic E-state index is 12.3. The molecule has 0 saturated heterocycles. The van der Waals surface area contributed by atoms with E-state index in [1.807, 2.05) is 0 Å². The molecule has 0 fully saturated rings. The van der Waals surface area contributed by atoms with Crippen molar-refractivity contribution < 1.29 is 27.8 Å². The minimum atomic E-state index is -4.37. The van der Waals surface area contributed by atoms with E-state index in [-0.39, 0.29) is 22.9 Å². The molecule has 0 saturated carbocycles. The standard InChI is InChI=1S/C16H15F3N2O3/c17-16(18,19)10-20-11-5-1-2-6-12(11)21-15(23)9-24-14-8-4-3-7-13(14)22/h1-8,20,22H,9-10H2,(H,21,23). The Hall–Kier alpha value is -2.90. The van der Waals surface area contributed by atoms with Gasteiger partial charge in [-0.15, -0.1) is 0 Å². The van der Waals surface area contributed by atoms with Crippen molar-refractivity contribution in [3.63, 3.8) is 0 Å². The van der Waals surface area contributed by atoms with Gasteiger partial charge >= 0.3 is 6.18 Å². The molecule has 2 aromatic rings. The predicted molar refractivity (Wildman–Crippen MR) is 83.2 cm³/mol. The lowest BCUT2D eigenvalue weighted by Gasteiger charge is -2.14. The number of hydrogen-bond acceptors (Lipinski definition) is 4. The van der Waals surface area contributed by atoms with Gasteiger partial charge in [-0.1, -0.05) is 24.3 Å². The number of carbonyl (C=O) groups is 1. The number of phenols is 1. The lowest BCUT2D eigenvalue weighted by Crippen LogP contribution is -2.24. The monoisotopic (exact) mass is 340 g/mol. The Kier molecular flexibility index (Phi) is 5.51. The van der Waals surface area contributed by atoms with Crippen LogP contribution in [-0.4, -0.2) is 30.3 Å². The number of aromatic hydroxyl groups is 1. The summed E-state index contributed by atoms with van der Waals surface area (Å²) in [4.78, 5) is 11.9. The van der Waals surface area contributed by atoms with Crippen molar-refractivity contribution in [3.8, 4) is 11.5 Å². The number of carbonyl (C=O) groups excluding carboxylic acids is 1. The number of ether oxygens (including phenoxy) is 1. The predicted octanol–water partition coefficient (Wildman–Crippen LogP) is 3.38. The van der Waals surface area contributed by atoms with Gasteiger partial charge in [0.25, 0.3) is 5.91 Å². The van der Waals surface area contributed by atoms with Crippen molar-refractivity contribution in [1.82, 2.24) is 0 Å². The zero-order valence-electron chi connectivity index (χ0n) is 12.4. The third-order valence-corrected chi connectivity index (χ3v) is 2.90. The number of para-hydroxylation sites is 4. The number of benzene rings is 2. The van der Waals surface area contributed by atoms with Crippen LogP contribution in [0.5, 0.6) is 11.5 Å². The van der Waals surface area contributed by atoms with Crippen LogP contribution in [0.15, 0.2) is 48.5 Å². The van der Waals surface area contributed by atoms with Crippen molar-refractivity contribution in [3.05, 3.63) is 48.5 Å². The Morgan fingerprint density at radius 2 is 1.67 bits per heavy atom. The minimum Gasteiger partial charge on any atom is -0.504 e. The highest BCUT2D eigenvalue weighted by molar-refractivity contribution is 5.95. The Labute approximate surface area is 136 Å². The first-order valence-electron chi connectivity index (χ1n) is 6.95. The maximum Gasteiger partial charge on any atom is 0.405 e. The van der Waals surface area contributed by atoms with Crippen molar-refractivity contribution in [1.29, 1.82) is 0 Å². The molecule has 0 bridgehead atoms. The fourth-order valence-electron chi connectivity index (χ4n) is 1.85. The van der Waals surface area contributed by atoms with Crippen LogP contribution in [0.3, 0.4) is 0 Å². The van der Waals surface area contributed by atoms with Crippen molar-refractivity contribution in [2.45, 2.75) is 6.18 Å². The summed E-state index contributed by atoms with van der Waals surface area (Å²) in [6, 6.07) is 12.1. The zero-order chi connectivity index (χ0) is 17.6. The van der Waals surface area contributed by atoms with E-state index in [2.05, 4.69) is 10.6 Å². The summed E-state index contributed by atoms with van der Waals surface area (Å²) < 4.78 is 42.0. The summed E-state index contributed by atoms with van der Waals surface area (Å²) in [6.45, 7) is -1.61. The molecule has 0 aliphatic carbocycles. The zero-order valence-corrected chi connectivity index (χ0v) is 12.4. The van der Waals surface area contributed by atoms with Crippen molar-refractivity contribution in [2.75, 3.05) is 23.8 Å². The van der Waals surface area contributed by atoms with E-state index in [9.17, 15) is 23.1 Å². The summed E-state index contributed by atoms with van der Waals surface area (Å²) in [5, 5.41) is 14.2. The second kappa shape index (κ2) is 7.58. The van der Waals surface area contributed by atoms with E-state index >= 15 is 0 Å². The van der Waals surface area contributed by atoms with Crippen molar-refractivity contribution >= 4 is 17.3 Å². The highest BCUT2D eigenvalue weighted by atomic mass is 19.4. The number of hydrogen-bond donors (Lipinski definition) is 3. The van der Waals surface area contributed by atoms with Crippen LogP contribution in [0.2, 0.25) is 0 Å². The van der Waals surface area contributed by atoms with Crippen LogP contribution < -0.4 is 15.4 Å². The van der Waals surface area contributed by atoms with Gasteiger partial charge in [-0.25, -0.2) is 0 Å². The molecular weight excluding hydrogens is 325 g/mol. The van der Waals surface area contributed by atoms with Crippen LogP contribution in [-0.2, 0) is 4.79 Å². The summed E-state index contributed by atoms with van der Waals surface area (Å²) >= 11 is 0. The number of anilines is 2. The molecule has 0 radical (unpaired) electrons. The fraction of sp³-hybridized carbons (Fsp3) is 0.188. The van der Waals surface area contributed by atoms with E-state index in [0.29, 0.717) is 0 Å². The third-order valence-electron chi connectivity index (χ3n) is 2.90. The summed E-state index contributed by atoms with van der Waals surface area (Å²) in [5.74, 6) is -0.548. The molecule has 0 unspecified atom stereocenters. The van der Waals surface area contributed by atoms with Gasteiger partial charge in [-0.2, -0.15) is 13.2 Å². The first-order valence-corrected chi connectivity index (χ1v) is 6.95. The molecular formula is C16H15F3N2O3. The molecule has 0 spiro atoms. The van der Waals surface area contributed by atoms with Gasteiger partial charge in [-0.05, 0) is 24.3 Å². The maximum absolute atomic E-state index is 12.3. The highest BCUT2D eigenvalue weighted by Crippen LogP contribution is 2.25. The summed E-state index contributed by atoms with van der Waals surface area (Å²) in [7, 11) is 0. The molecule has 0 aliphatic heterocycles. The van der Waals surface area contributed by atoms with E-state index in [4.69, 9.17) is 4.74 Å². The Morgan fingerprint density at radius 3 is 2.33 bits per heavy atom. The smallest absolute Gasteiger partial charge is 0.405 e. The van der Waals surface area contributed by atoms with Gasteiger partial charge in [-0.3, -0.25) is 4.79 Å². The average molecular weight is 340 g/mol. The Balaban J connectivity index is 1.95. The van der Waals surface area contributed by atoms with E-state index < -0.39 is 25.2 Å². The molecule has 1 amide bonds. The molecule has 128 valence electrons. The molecule has 3 N–H and O–H groups in total. The first kappa shape index (κ1) is 17.5. The number of halogens is 3. The van der Waals surface area contributed by atoms with Crippen LogP contribution in [0, 0.1) is 0 Å². The van der Waals surface area contributed by atoms with E-state index in [1.165, 1.54) is 24.3 Å². The molecule has 5 nitrogen and oxygen atoms in total. The van der Waals surface area contributed by atoms with Crippen LogP contribution in [0.25, 0.3) is 0 Å². The van der Waals surface area contributed by atoms with Gasteiger partial charge in [0.2, 0.25) is 0 Å². The molecule has 8 heteroatoms. The SMILES string of the molecule is O=C(COc1ccccc1O)Nc1ccccc1NCC(F)(F)F. The first-order chi connectivity index (χ1) is 11.3. The lowest BCUT2D eigenvalue weighted by molar-refractivity contribution is -0.118. The Bertz CT molecular complexity index is 705. The number of alkyl halides is 3. The minimum absolute atomic E-state index is 0.113. The number of rotatable bonds is 6. The third kappa shape index (κ3) is 5.38. The second-order valence-electron chi connectivity index (χ2n) is 4.82. The molecule has 0 aliphatic rings. The number of phenolic OH excluding ortho intramolecular Hbond substituents is 1. The van der Waals surface area contributed by atoms with Gasteiger partial charge < -0.3 is 20.5 Å². The molecule has 0 atom stereocenters. The van der Waals surface area contributed by atoms with Gasteiger partial charge in [0.05, 0.1) is 11.4 Å². The molecule has 2 aromatic carbocycles. The largest absolute Gasteiger partial charge is 0.504 e. The highest BCUT2D eigenvalue weighted by Gasteiger charge is 2.27. The second-order valence-corrected chi connectivity index (χ2v) is 4.82. The van der Waals surface area contributed by atoms with Gasteiger partial charge in [0, 0.05) is 0 Å². The number of nitrogens with one attached hydrogen (secondary N) is 2. The van der Waals surface area contributed by atoms with E-state index in [0.717, 1.165) is 0 Å². The van der Waals surface area contributed by atoms with Crippen LogP contribution >= 0.6 is 0 Å². The summed E-state index contributed by atoms with van der Waals surface area (Å²) in [6.07, 6.45) is -4.37. The molecule has 2 rings (SSSR count). The van der Waals surface area contributed by atoms with Crippen LogP contribution in [0.4, 0.5) is 24.5 Å². The summed E-state index contributed by atoms with van der Waals surface area (Å²) in [5.41, 5.74) is 0.346. The molecule has 0 heterocycles. The van der Waals surface area contributed by atoms with Crippen molar-refractivity contribution in [2.24, 2.45) is 0 Å².